The number of aryl methyl sites for hydroxylation is 1. The van der Waals surface area contributed by atoms with E-state index in [0.717, 1.165) is 44.4 Å². The van der Waals surface area contributed by atoms with Crippen LogP contribution in [-0.4, -0.2) is 41.7 Å². The van der Waals surface area contributed by atoms with Crippen LogP contribution in [0.3, 0.4) is 0 Å². The number of hydrogen-bond acceptors (Lipinski definition) is 4. The van der Waals surface area contributed by atoms with Gasteiger partial charge in [0.15, 0.2) is 0 Å². The van der Waals surface area contributed by atoms with Crippen molar-refractivity contribution in [2.24, 2.45) is 7.05 Å². The standard InChI is InChI=1S/C15H24N4O3/c1-19-13(9-11(18-19)12-5-3-8-22-12)16-14(20)17-15(10-21-2)6-4-7-15/h9,12H,3-8,10H2,1-2H3,(H2,16,17,20)/t12-/m0/s1. The Morgan fingerprint density at radius 1 is 1.55 bits per heavy atom. The predicted molar refractivity (Wildman–Crippen MR) is 81.7 cm³/mol. The van der Waals surface area contributed by atoms with Crippen LogP contribution in [-0.2, 0) is 16.5 Å². The fraction of sp³-hybridized carbons (Fsp3) is 0.733. The van der Waals surface area contributed by atoms with E-state index >= 15 is 0 Å². The Labute approximate surface area is 130 Å². The van der Waals surface area contributed by atoms with Crippen LogP contribution >= 0.6 is 0 Å². The van der Waals surface area contributed by atoms with Crippen molar-refractivity contribution in [1.82, 2.24) is 15.1 Å². The number of anilines is 1. The van der Waals surface area contributed by atoms with Gasteiger partial charge >= 0.3 is 6.03 Å². The molecule has 1 aromatic heterocycles. The molecule has 0 unspecified atom stereocenters. The average Bonchev–Trinajstić information content (AvgIpc) is 3.07. The monoisotopic (exact) mass is 308 g/mol. The average molecular weight is 308 g/mol. The summed E-state index contributed by atoms with van der Waals surface area (Å²) in [7, 11) is 3.48. The van der Waals surface area contributed by atoms with Gasteiger partial charge in [-0.2, -0.15) is 5.10 Å². The molecule has 0 aromatic carbocycles. The maximum atomic E-state index is 12.2. The minimum atomic E-state index is -0.213. The summed E-state index contributed by atoms with van der Waals surface area (Å²) in [6.45, 7) is 1.33. The molecule has 2 N–H and O–H groups in total. The first kappa shape index (κ1) is 15.3. The molecular weight excluding hydrogens is 284 g/mol. The predicted octanol–water partition coefficient (Wildman–Crippen LogP) is 1.96. The number of urea groups is 1. The molecule has 1 saturated heterocycles. The van der Waals surface area contributed by atoms with Crippen LogP contribution in [0.2, 0.25) is 0 Å². The third kappa shape index (κ3) is 3.10. The summed E-state index contributed by atoms with van der Waals surface area (Å²) in [6, 6.07) is 1.68. The highest BCUT2D eigenvalue weighted by Gasteiger charge is 2.38. The molecule has 2 heterocycles. The van der Waals surface area contributed by atoms with Gasteiger partial charge in [-0.3, -0.25) is 10.00 Å². The minimum Gasteiger partial charge on any atom is -0.382 e. The number of methoxy groups -OCH3 is 1. The van der Waals surface area contributed by atoms with Crippen LogP contribution in [0, 0.1) is 0 Å². The van der Waals surface area contributed by atoms with E-state index in [0.29, 0.717) is 12.4 Å². The van der Waals surface area contributed by atoms with Crippen molar-refractivity contribution in [1.29, 1.82) is 0 Å². The molecule has 2 aliphatic rings. The molecule has 1 atom stereocenters. The zero-order valence-corrected chi connectivity index (χ0v) is 13.2. The minimum absolute atomic E-state index is 0.0521. The second-order valence-corrected chi connectivity index (χ2v) is 6.23. The highest BCUT2D eigenvalue weighted by atomic mass is 16.5. The van der Waals surface area contributed by atoms with Gasteiger partial charge in [0.05, 0.1) is 17.8 Å². The van der Waals surface area contributed by atoms with Crippen LogP contribution in [0.25, 0.3) is 0 Å². The SMILES string of the molecule is COCC1(NC(=O)Nc2cc([C@@H]3CCCO3)nn2C)CCC1. The Morgan fingerprint density at radius 2 is 2.36 bits per heavy atom. The van der Waals surface area contributed by atoms with E-state index in [1.54, 1.807) is 11.8 Å². The first-order valence-electron chi connectivity index (χ1n) is 7.85. The lowest BCUT2D eigenvalue weighted by molar-refractivity contribution is 0.0648. The van der Waals surface area contributed by atoms with Gasteiger partial charge in [-0.1, -0.05) is 0 Å². The van der Waals surface area contributed by atoms with Crippen molar-refractivity contribution in [2.45, 2.75) is 43.7 Å². The zero-order chi connectivity index (χ0) is 15.6. The molecule has 1 aliphatic carbocycles. The molecule has 1 aliphatic heterocycles. The summed E-state index contributed by atoms with van der Waals surface area (Å²) in [5, 5.41) is 10.4. The Kier molecular flexibility index (Phi) is 4.35. The number of hydrogen-bond donors (Lipinski definition) is 2. The second-order valence-electron chi connectivity index (χ2n) is 6.23. The summed E-state index contributed by atoms with van der Waals surface area (Å²) in [5.41, 5.74) is 0.667. The van der Waals surface area contributed by atoms with E-state index in [9.17, 15) is 4.79 Å². The van der Waals surface area contributed by atoms with Gasteiger partial charge in [0.25, 0.3) is 0 Å². The molecular formula is C15H24N4O3. The summed E-state index contributed by atoms with van der Waals surface area (Å²) in [4.78, 5) is 12.2. The Morgan fingerprint density at radius 3 is 2.95 bits per heavy atom. The van der Waals surface area contributed by atoms with E-state index in [-0.39, 0.29) is 17.7 Å². The van der Waals surface area contributed by atoms with Crippen LogP contribution in [0.4, 0.5) is 10.6 Å². The number of rotatable bonds is 5. The molecule has 0 bridgehead atoms. The molecule has 7 nitrogen and oxygen atoms in total. The number of nitrogens with zero attached hydrogens (tertiary/aromatic N) is 2. The third-order valence-electron chi connectivity index (χ3n) is 4.51. The molecule has 2 fully saturated rings. The van der Waals surface area contributed by atoms with Gasteiger partial charge in [0, 0.05) is 26.8 Å². The van der Waals surface area contributed by atoms with Crippen LogP contribution < -0.4 is 10.6 Å². The molecule has 7 heteroatoms. The van der Waals surface area contributed by atoms with E-state index in [4.69, 9.17) is 9.47 Å². The van der Waals surface area contributed by atoms with Crippen molar-refractivity contribution in [3.8, 4) is 0 Å². The molecule has 22 heavy (non-hydrogen) atoms. The van der Waals surface area contributed by atoms with E-state index in [2.05, 4.69) is 15.7 Å². The topological polar surface area (TPSA) is 77.4 Å². The maximum absolute atomic E-state index is 12.2. The highest BCUT2D eigenvalue weighted by molar-refractivity contribution is 5.89. The second kappa shape index (κ2) is 6.26. The number of ether oxygens (including phenoxy) is 2. The lowest BCUT2D eigenvalue weighted by Gasteiger charge is -2.41. The lowest BCUT2D eigenvalue weighted by atomic mass is 9.77. The van der Waals surface area contributed by atoms with Gasteiger partial charge in [-0.05, 0) is 32.1 Å². The van der Waals surface area contributed by atoms with Crippen LogP contribution in [0.5, 0.6) is 0 Å². The Balaban J connectivity index is 1.61. The number of amides is 2. The Bertz CT molecular complexity index is 533. The molecule has 122 valence electrons. The van der Waals surface area contributed by atoms with Crippen LogP contribution in [0.15, 0.2) is 6.07 Å². The van der Waals surface area contributed by atoms with Gasteiger partial charge in [-0.25, -0.2) is 4.79 Å². The van der Waals surface area contributed by atoms with Crippen molar-refractivity contribution >= 4 is 11.8 Å². The number of nitrogens with one attached hydrogen (secondary N) is 2. The molecule has 0 radical (unpaired) electrons. The van der Waals surface area contributed by atoms with E-state index in [1.165, 1.54) is 0 Å². The normalized spacial score (nSPS) is 23.1. The zero-order valence-electron chi connectivity index (χ0n) is 13.2. The third-order valence-corrected chi connectivity index (χ3v) is 4.51. The molecule has 2 amide bonds. The summed E-state index contributed by atoms with van der Waals surface area (Å²) in [5.74, 6) is 0.676. The van der Waals surface area contributed by atoms with Crippen molar-refractivity contribution < 1.29 is 14.3 Å². The fourth-order valence-corrected chi connectivity index (χ4v) is 3.15. The number of aromatic nitrogens is 2. The largest absolute Gasteiger partial charge is 0.382 e. The van der Waals surface area contributed by atoms with E-state index in [1.807, 2.05) is 13.1 Å². The quantitative estimate of drug-likeness (QED) is 0.872. The van der Waals surface area contributed by atoms with Gasteiger partial charge in [-0.15, -0.1) is 0 Å². The van der Waals surface area contributed by atoms with Crippen molar-refractivity contribution in [3.63, 3.8) is 0 Å². The van der Waals surface area contributed by atoms with Gasteiger partial charge < -0.3 is 14.8 Å². The summed E-state index contributed by atoms with van der Waals surface area (Å²) < 4.78 is 12.5. The van der Waals surface area contributed by atoms with E-state index < -0.39 is 0 Å². The summed E-state index contributed by atoms with van der Waals surface area (Å²) in [6.07, 6.45) is 5.14. The summed E-state index contributed by atoms with van der Waals surface area (Å²) >= 11 is 0. The number of carbonyl (C=O) groups excluding carboxylic acids is 1. The van der Waals surface area contributed by atoms with Gasteiger partial charge in [0.2, 0.25) is 0 Å². The molecule has 0 spiro atoms. The first-order chi connectivity index (χ1) is 10.6. The smallest absolute Gasteiger partial charge is 0.320 e. The van der Waals surface area contributed by atoms with Gasteiger partial charge in [0.1, 0.15) is 11.9 Å². The Hall–Kier alpha value is -1.60. The van der Waals surface area contributed by atoms with Crippen molar-refractivity contribution in [2.75, 3.05) is 25.6 Å². The lowest BCUT2D eigenvalue weighted by Crippen LogP contribution is -2.57. The first-order valence-corrected chi connectivity index (χ1v) is 7.85. The maximum Gasteiger partial charge on any atom is 0.320 e. The number of carbonyl (C=O) groups is 1. The fourth-order valence-electron chi connectivity index (χ4n) is 3.15. The van der Waals surface area contributed by atoms with Crippen molar-refractivity contribution in [3.05, 3.63) is 11.8 Å². The highest BCUT2D eigenvalue weighted by Crippen LogP contribution is 2.32. The molecule has 3 rings (SSSR count). The molecule has 1 aromatic rings. The molecule has 1 saturated carbocycles. The van der Waals surface area contributed by atoms with Crippen LogP contribution in [0.1, 0.15) is 43.9 Å².